The van der Waals surface area contributed by atoms with Crippen molar-refractivity contribution in [2.24, 2.45) is 0 Å². The zero-order valence-corrected chi connectivity index (χ0v) is 14.7. The summed E-state index contributed by atoms with van der Waals surface area (Å²) >= 11 is 3.15. The third-order valence-electron chi connectivity index (χ3n) is 3.78. The summed E-state index contributed by atoms with van der Waals surface area (Å²) in [6.07, 6.45) is 8.66. The number of nitrogens with two attached hydrogens (primary N) is 1. The van der Waals surface area contributed by atoms with Crippen LogP contribution in [0.5, 0.6) is 0 Å². The number of pyridine rings is 1. The SMILES string of the molecule is Nc1cc(Br)c[nH]c1=O.c1ccc(COC2CCCCC2)cc1. The number of halogens is 1. The van der Waals surface area contributed by atoms with E-state index in [4.69, 9.17) is 10.5 Å². The van der Waals surface area contributed by atoms with Crippen LogP contribution in [0.2, 0.25) is 0 Å². The molecular formula is C18H23BrN2O2. The fraction of sp³-hybridized carbons (Fsp3) is 0.389. The van der Waals surface area contributed by atoms with Crippen LogP contribution in [0.25, 0.3) is 0 Å². The normalized spacial score (nSPS) is 14.8. The maximum Gasteiger partial charge on any atom is 0.271 e. The smallest absolute Gasteiger partial charge is 0.271 e. The van der Waals surface area contributed by atoms with Crippen molar-refractivity contribution >= 4 is 21.6 Å². The molecule has 2 aromatic rings. The topological polar surface area (TPSA) is 68.1 Å². The van der Waals surface area contributed by atoms with Gasteiger partial charge in [0.15, 0.2) is 0 Å². The first-order valence-electron chi connectivity index (χ1n) is 7.94. The Labute approximate surface area is 145 Å². The molecule has 0 atom stereocenters. The van der Waals surface area contributed by atoms with E-state index >= 15 is 0 Å². The quantitative estimate of drug-likeness (QED) is 0.838. The number of ether oxygens (including phenoxy) is 1. The molecule has 1 fully saturated rings. The molecule has 5 heteroatoms. The van der Waals surface area contributed by atoms with E-state index in [0.29, 0.717) is 6.10 Å². The first-order valence-corrected chi connectivity index (χ1v) is 8.73. The van der Waals surface area contributed by atoms with Crippen LogP contribution in [0.4, 0.5) is 5.69 Å². The van der Waals surface area contributed by atoms with Gasteiger partial charge in [0, 0.05) is 10.7 Å². The van der Waals surface area contributed by atoms with E-state index in [1.54, 1.807) is 12.3 Å². The Balaban J connectivity index is 0.000000185. The largest absolute Gasteiger partial charge is 0.394 e. The lowest BCUT2D eigenvalue weighted by Crippen LogP contribution is -2.16. The van der Waals surface area contributed by atoms with Crippen molar-refractivity contribution < 1.29 is 4.74 Å². The average molecular weight is 379 g/mol. The zero-order chi connectivity index (χ0) is 16.5. The lowest BCUT2D eigenvalue weighted by Gasteiger charge is -2.21. The van der Waals surface area contributed by atoms with E-state index < -0.39 is 0 Å². The summed E-state index contributed by atoms with van der Waals surface area (Å²) in [5, 5.41) is 0. The highest BCUT2D eigenvalue weighted by molar-refractivity contribution is 9.10. The van der Waals surface area contributed by atoms with Crippen LogP contribution in [0.3, 0.4) is 0 Å². The van der Waals surface area contributed by atoms with Crippen LogP contribution in [0, 0.1) is 0 Å². The molecule has 0 spiro atoms. The molecule has 0 unspecified atom stereocenters. The van der Waals surface area contributed by atoms with Gasteiger partial charge in [-0.25, -0.2) is 0 Å². The van der Waals surface area contributed by atoms with Gasteiger partial charge in [-0.1, -0.05) is 49.6 Å². The molecule has 1 aromatic carbocycles. The van der Waals surface area contributed by atoms with E-state index in [0.717, 1.165) is 11.1 Å². The molecule has 23 heavy (non-hydrogen) atoms. The van der Waals surface area contributed by atoms with Crippen molar-refractivity contribution in [3.05, 3.63) is 63.0 Å². The molecule has 1 aromatic heterocycles. The van der Waals surface area contributed by atoms with E-state index in [2.05, 4.69) is 45.2 Å². The number of nitrogens with one attached hydrogen (secondary N) is 1. The van der Waals surface area contributed by atoms with E-state index in [1.165, 1.54) is 37.7 Å². The Morgan fingerprint density at radius 2 is 1.87 bits per heavy atom. The number of nitrogen functional groups attached to an aromatic ring is 1. The van der Waals surface area contributed by atoms with Crippen LogP contribution < -0.4 is 11.3 Å². The Bertz CT molecular complexity index is 637. The van der Waals surface area contributed by atoms with Crippen molar-refractivity contribution in [2.45, 2.75) is 44.8 Å². The predicted octanol–water partition coefficient (Wildman–Crippen LogP) is 4.26. The van der Waals surface area contributed by atoms with Gasteiger partial charge in [0.25, 0.3) is 5.56 Å². The lowest BCUT2D eigenvalue weighted by atomic mass is 9.98. The van der Waals surface area contributed by atoms with Gasteiger partial charge in [0.05, 0.1) is 18.4 Å². The average Bonchev–Trinajstić information content (AvgIpc) is 2.59. The maximum absolute atomic E-state index is 10.6. The standard InChI is InChI=1S/C13H18O.C5H5BrN2O/c1-3-7-12(8-4-1)11-14-13-9-5-2-6-10-13;6-3-1-4(7)5(9)8-2-3/h1,3-4,7-8,13H,2,5-6,9-11H2;1-2H,7H2,(H,8,9). The predicted molar refractivity (Wildman–Crippen MR) is 97.3 cm³/mol. The number of hydrogen-bond acceptors (Lipinski definition) is 3. The molecule has 4 nitrogen and oxygen atoms in total. The highest BCUT2D eigenvalue weighted by Gasteiger charge is 2.13. The number of aromatic nitrogens is 1. The van der Waals surface area contributed by atoms with Crippen LogP contribution in [0.1, 0.15) is 37.7 Å². The fourth-order valence-corrected chi connectivity index (χ4v) is 2.85. The highest BCUT2D eigenvalue weighted by atomic mass is 79.9. The molecule has 0 saturated heterocycles. The van der Waals surface area contributed by atoms with Crippen molar-refractivity contribution in [1.29, 1.82) is 0 Å². The van der Waals surface area contributed by atoms with Gasteiger partial charge >= 0.3 is 0 Å². The van der Waals surface area contributed by atoms with E-state index in [9.17, 15) is 4.79 Å². The second-order valence-electron chi connectivity index (χ2n) is 5.66. The van der Waals surface area contributed by atoms with Gasteiger partial charge in [-0.15, -0.1) is 0 Å². The second kappa shape index (κ2) is 9.53. The van der Waals surface area contributed by atoms with Crippen molar-refractivity contribution in [3.63, 3.8) is 0 Å². The summed E-state index contributed by atoms with van der Waals surface area (Å²) in [5.41, 5.74) is 6.51. The minimum atomic E-state index is -0.252. The summed E-state index contributed by atoms with van der Waals surface area (Å²) in [7, 11) is 0. The number of aromatic amines is 1. The van der Waals surface area contributed by atoms with Crippen LogP contribution >= 0.6 is 15.9 Å². The van der Waals surface area contributed by atoms with Crippen LogP contribution in [-0.2, 0) is 11.3 Å². The Morgan fingerprint density at radius 1 is 1.17 bits per heavy atom. The highest BCUT2D eigenvalue weighted by Crippen LogP contribution is 2.21. The summed E-state index contributed by atoms with van der Waals surface area (Å²) in [4.78, 5) is 13.0. The van der Waals surface area contributed by atoms with Gasteiger partial charge in [-0.3, -0.25) is 4.79 Å². The number of hydrogen-bond donors (Lipinski definition) is 2. The van der Waals surface area contributed by atoms with Crippen molar-refractivity contribution in [1.82, 2.24) is 4.98 Å². The first-order chi connectivity index (χ1) is 11.1. The minimum absolute atomic E-state index is 0.226. The van der Waals surface area contributed by atoms with Gasteiger partial charge in [0.2, 0.25) is 0 Å². The van der Waals surface area contributed by atoms with E-state index in [1.807, 2.05) is 6.07 Å². The number of H-pyrrole nitrogens is 1. The molecule has 1 heterocycles. The van der Waals surface area contributed by atoms with Gasteiger partial charge in [-0.05, 0) is 40.4 Å². The number of anilines is 1. The van der Waals surface area contributed by atoms with Crippen LogP contribution in [0.15, 0.2) is 51.9 Å². The fourth-order valence-electron chi connectivity index (χ4n) is 2.49. The van der Waals surface area contributed by atoms with Gasteiger partial charge in [0.1, 0.15) is 0 Å². The number of rotatable bonds is 3. The molecule has 3 rings (SSSR count). The van der Waals surface area contributed by atoms with Crippen molar-refractivity contribution in [2.75, 3.05) is 5.73 Å². The summed E-state index contributed by atoms with van der Waals surface area (Å²) < 4.78 is 6.65. The third kappa shape index (κ3) is 6.59. The van der Waals surface area contributed by atoms with Gasteiger partial charge < -0.3 is 15.5 Å². The number of benzene rings is 1. The molecule has 3 N–H and O–H groups in total. The zero-order valence-electron chi connectivity index (χ0n) is 13.1. The molecular weight excluding hydrogens is 356 g/mol. The Morgan fingerprint density at radius 3 is 2.48 bits per heavy atom. The van der Waals surface area contributed by atoms with E-state index in [-0.39, 0.29) is 11.2 Å². The van der Waals surface area contributed by atoms with Crippen molar-refractivity contribution in [3.8, 4) is 0 Å². The molecule has 0 amide bonds. The Kier molecular flexibility index (Phi) is 7.36. The van der Waals surface area contributed by atoms with Crippen LogP contribution in [-0.4, -0.2) is 11.1 Å². The lowest BCUT2D eigenvalue weighted by molar-refractivity contribution is 0.0169. The molecule has 0 aliphatic heterocycles. The Hall–Kier alpha value is -1.59. The van der Waals surface area contributed by atoms with Gasteiger partial charge in [-0.2, -0.15) is 0 Å². The molecule has 0 bridgehead atoms. The summed E-state index contributed by atoms with van der Waals surface area (Å²) in [6, 6.07) is 12.0. The molecule has 1 saturated carbocycles. The monoisotopic (exact) mass is 378 g/mol. The molecule has 0 radical (unpaired) electrons. The molecule has 1 aliphatic carbocycles. The second-order valence-corrected chi connectivity index (χ2v) is 6.57. The first kappa shape index (κ1) is 17.8. The molecule has 1 aliphatic rings. The third-order valence-corrected chi connectivity index (χ3v) is 4.24. The molecule has 124 valence electrons. The minimum Gasteiger partial charge on any atom is -0.394 e. The maximum atomic E-state index is 10.6. The summed E-state index contributed by atoms with van der Waals surface area (Å²) in [5.74, 6) is 0. The summed E-state index contributed by atoms with van der Waals surface area (Å²) in [6.45, 7) is 0.783.